The first-order valence-electron chi connectivity index (χ1n) is 10.2. The van der Waals surface area contributed by atoms with Crippen molar-refractivity contribution in [2.45, 2.75) is 44.7 Å². The Morgan fingerprint density at radius 2 is 2.03 bits per heavy atom. The average molecular weight is 397 g/mol. The van der Waals surface area contributed by atoms with E-state index >= 15 is 0 Å². The third-order valence-electron chi connectivity index (χ3n) is 6.35. The molecule has 29 heavy (non-hydrogen) atoms. The van der Waals surface area contributed by atoms with E-state index < -0.39 is 11.7 Å². The molecule has 4 unspecified atom stereocenters. The van der Waals surface area contributed by atoms with Crippen molar-refractivity contribution < 1.29 is 19.1 Å². The zero-order valence-corrected chi connectivity index (χ0v) is 16.8. The Labute approximate surface area is 169 Å². The van der Waals surface area contributed by atoms with E-state index in [9.17, 15) is 14.4 Å². The van der Waals surface area contributed by atoms with Crippen molar-refractivity contribution in [2.24, 2.45) is 11.8 Å². The van der Waals surface area contributed by atoms with Gasteiger partial charge in [-0.05, 0) is 44.1 Å². The van der Waals surface area contributed by atoms with E-state index in [1.807, 2.05) is 24.3 Å². The van der Waals surface area contributed by atoms with Crippen LogP contribution in [-0.4, -0.2) is 48.4 Å². The van der Waals surface area contributed by atoms with Gasteiger partial charge in [0, 0.05) is 48.8 Å². The molecule has 2 aromatic rings. The zero-order chi connectivity index (χ0) is 20.5. The van der Waals surface area contributed by atoms with Gasteiger partial charge in [0.15, 0.2) is 0 Å². The lowest BCUT2D eigenvalue weighted by molar-refractivity contribution is -0.128. The highest BCUT2D eigenvalue weighted by atomic mass is 16.5. The molecule has 0 radical (unpaired) electrons. The number of carbonyl (C=O) groups excluding carboxylic acids is 3. The summed E-state index contributed by atoms with van der Waals surface area (Å²) >= 11 is 0. The number of ether oxygens (including phenoxy) is 1. The number of aromatic amines is 1. The lowest BCUT2D eigenvalue weighted by atomic mass is 9.71. The third-order valence-corrected chi connectivity index (χ3v) is 6.35. The number of ketones is 1. The summed E-state index contributed by atoms with van der Waals surface area (Å²) in [5.41, 5.74) is 1.96. The lowest BCUT2D eigenvalue weighted by Crippen LogP contribution is -2.56. The molecule has 2 aliphatic rings. The summed E-state index contributed by atoms with van der Waals surface area (Å²) in [6.07, 6.45) is 2.82. The quantitative estimate of drug-likeness (QED) is 0.531. The smallest absolute Gasteiger partial charge is 0.292 e. The van der Waals surface area contributed by atoms with Crippen LogP contribution in [0.5, 0.6) is 0 Å². The molecule has 1 aliphatic carbocycles. The molecule has 154 valence electrons. The van der Waals surface area contributed by atoms with Gasteiger partial charge < -0.3 is 20.4 Å². The Hall–Kier alpha value is -2.67. The normalized spacial score (nSPS) is 26.6. The number of rotatable bonds is 5. The molecule has 1 aromatic carbocycles. The SMILES string of the molecule is COCC1CC(=O)NC2CC(NC(=O)C(=O)c3c(C)[nH]c4ccccc34)CCC12. The van der Waals surface area contributed by atoms with Crippen molar-refractivity contribution in [1.82, 2.24) is 15.6 Å². The maximum atomic E-state index is 12.9. The van der Waals surface area contributed by atoms with Crippen LogP contribution in [0.15, 0.2) is 24.3 Å². The molecule has 7 nitrogen and oxygen atoms in total. The van der Waals surface area contributed by atoms with Gasteiger partial charge >= 0.3 is 0 Å². The third kappa shape index (κ3) is 3.79. The first-order chi connectivity index (χ1) is 14.0. The maximum Gasteiger partial charge on any atom is 0.292 e. The summed E-state index contributed by atoms with van der Waals surface area (Å²) in [5.74, 6) is -0.507. The summed E-state index contributed by atoms with van der Waals surface area (Å²) in [5, 5.41) is 6.73. The van der Waals surface area contributed by atoms with Crippen molar-refractivity contribution in [3.05, 3.63) is 35.5 Å². The predicted octanol–water partition coefficient (Wildman–Crippen LogP) is 2.10. The Morgan fingerprint density at radius 3 is 2.83 bits per heavy atom. The number of H-pyrrole nitrogens is 1. The average Bonchev–Trinajstić information content (AvgIpc) is 3.02. The van der Waals surface area contributed by atoms with Crippen LogP contribution in [0, 0.1) is 18.8 Å². The standard InChI is InChI=1S/C22H27N3O4/c1-12-20(16-5-3-4-6-17(16)23-12)21(27)22(28)24-14-7-8-15-13(11-29-2)9-19(26)25-18(15)10-14/h3-6,13-15,18,23H,7-11H2,1-2H3,(H,24,28)(H,25,26). The monoisotopic (exact) mass is 397 g/mol. The Bertz CT molecular complexity index is 951. The molecular weight excluding hydrogens is 370 g/mol. The van der Waals surface area contributed by atoms with E-state index in [-0.39, 0.29) is 23.9 Å². The maximum absolute atomic E-state index is 12.9. The van der Waals surface area contributed by atoms with Gasteiger partial charge in [0.05, 0.1) is 5.56 Å². The number of benzene rings is 1. The number of aromatic nitrogens is 1. The number of aryl methyl sites for hydroxylation is 1. The number of methoxy groups -OCH3 is 1. The highest BCUT2D eigenvalue weighted by Crippen LogP contribution is 2.35. The second-order valence-corrected chi connectivity index (χ2v) is 8.24. The summed E-state index contributed by atoms with van der Waals surface area (Å²) in [7, 11) is 1.66. The molecule has 4 rings (SSSR count). The molecule has 3 N–H and O–H groups in total. The second-order valence-electron chi connectivity index (χ2n) is 8.24. The molecule has 7 heteroatoms. The molecule has 1 aromatic heterocycles. The fourth-order valence-electron chi connectivity index (χ4n) is 5.04. The molecule has 4 atom stereocenters. The number of carbonyl (C=O) groups is 3. The zero-order valence-electron chi connectivity index (χ0n) is 16.8. The number of amides is 2. The fraction of sp³-hybridized carbons (Fsp3) is 0.500. The summed E-state index contributed by atoms with van der Waals surface area (Å²) in [4.78, 5) is 40.8. The number of nitrogens with one attached hydrogen (secondary N) is 3. The number of hydrogen-bond acceptors (Lipinski definition) is 4. The van der Waals surface area contributed by atoms with Crippen LogP contribution in [0.25, 0.3) is 10.9 Å². The van der Waals surface area contributed by atoms with E-state index in [2.05, 4.69) is 15.6 Å². The van der Waals surface area contributed by atoms with E-state index in [0.29, 0.717) is 36.6 Å². The van der Waals surface area contributed by atoms with Gasteiger partial charge in [-0.25, -0.2) is 0 Å². The van der Waals surface area contributed by atoms with Gasteiger partial charge in [-0.2, -0.15) is 0 Å². The highest BCUT2D eigenvalue weighted by molar-refractivity contribution is 6.45. The number of Topliss-reactive ketones (excluding diaryl/α,β-unsaturated/α-hetero) is 1. The summed E-state index contributed by atoms with van der Waals surface area (Å²) < 4.78 is 5.29. The van der Waals surface area contributed by atoms with Crippen LogP contribution < -0.4 is 10.6 Å². The topological polar surface area (TPSA) is 100 Å². The van der Waals surface area contributed by atoms with E-state index in [1.54, 1.807) is 14.0 Å². The Balaban J connectivity index is 1.44. The van der Waals surface area contributed by atoms with Gasteiger partial charge in [-0.1, -0.05) is 18.2 Å². The van der Waals surface area contributed by atoms with Gasteiger partial charge in [0.1, 0.15) is 0 Å². The van der Waals surface area contributed by atoms with E-state index in [0.717, 1.165) is 23.7 Å². The molecule has 0 spiro atoms. The van der Waals surface area contributed by atoms with Gasteiger partial charge in [0.25, 0.3) is 11.7 Å². The van der Waals surface area contributed by atoms with Gasteiger partial charge in [-0.3, -0.25) is 14.4 Å². The van der Waals surface area contributed by atoms with Crippen molar-refractivity contribution >= 4 is 28.5 Å². The predicted molar refractivity (Wildman–Crippen MR) is 109 cm³/mol. The first-order valence-corrected chi connectivity index (χ1v) is 10.2. The molecule has 2 heterocycles. The van der Waals surface area contributed by atoms with Crippen LogP contribution in [-0.2, 0) is 14.3 Å². The molecule has 1 saturated carbocycles. The molecule has 0 bridgehead atoms. The van der Waals surface area contributed by atoms with Crippen molar-refractivity contribution in [2.75, 3.05) is 13.7 Å². The van der Waals surface area contributed by atoms with Crippen LogP contribution in [0.4, 0.5) is 0 Å². The molecule has 1 saturated heterocycles. The fourth-order valence-corrected chi connectivity index (χ4v) is 5.04. The highest BCUT2D eigenvalue weighted by Gasteiger charge is 2.41. The van der Waals surface area contributed by atoms with Crippen LogP contribution in [0.3, 0.4) is 0 Å². The Morgan fingerprint density at radius 1 is 1.24 bits per heavy atom. The van der Waals surface area contributed by atoms with Crippen LogP contribution in [0.2, 0.25) is 0 Å². The van der Waals surface area contributed by atoms with Crippen LogP contribution >= 0.6 is 0 Å². The second kappa shape index (κ2) is 7.99. The van der Waals surface area contributed by atoms with Crippen molar-refractivity contribution in [3.8, 4) is 0 Å². The number of para-hydroxylation sites is 1. The Kier molecular flexibility index (Phi) is 5.41. The van der Waals surface area contributed by atoms with Crippen molar-refractivity contribution in [1.29, 1.82) is 0 Å². The minimum atomic E-state index is -0.586. The molecule has 2 fully saturated rings. The summed E-state index contributed by atoms with van der Waals surface area (Å²) in [6, 6.07) is 7.37. The summed E-state index contributed by atoms with van der Waals surface area (Å²) in [6.45, 7) is 2.38. The minimum Gasteiger partial charge on any atom is -0.384 e. The molecular formula is C22H27N3O4. The molecule has 1 aliphatic heterocycles. The molecule has 2 amide bonds. The first kappa shape index (κ1) is 19.6. The van der Waals surface area contributed by atoms with E-state index in [1.165, 1.54) is 0 Å². The van der Waals surface area contributed by atoms with Crippen molar-refractivity contribution in [3.63, 3.8) is 0 Å². The van der Waals surface area contributed by atoms with Gasteiger partial charge in [-0.15, -0.1) is 0 Å². The number of piperidine rings is 1. The van der Waals surface area contributed by atoms with E-state index in [4.69, 9.17) is 4.74 Å². The number of fused-ring (bicyclic) bond motifs is 2. The van der Waals surface area contributed by atoms with Gasteiger partial charge in [0.2, 0.25) is 5.91 Å². The largest absolute Gasteiger partial charge is 0.384 e. The number of hydrogen-bond donors (Lipinski definition) is 3. The van der Waals surface area contributed by atoms with Crippen LogP contribution in [0.1, 0.15) is 41.7 Å². The lowest BCUT2D eigenvalue weighted by Gasteiger charge is -2.43. The minimum absolute atomic E-state index is 0.0142.